The number of hydrogen-bond acceptors (Lipinski definition) is 4. The van der Waals surface area contributed by atoms with Crippen LogP contribution in [0.4, 0.5) is 0 Å². The largest absolute Gasteiger partial charge is 0.419 e. The molecule has 0 bridgehead atoms. The Morgan fingerprint density at radius 3 is 2.88 bits per heavy atom. The monoisotopic (exact) mass is 369 g/mol. The molecule has 0 N–H and O–H groups in total. The van der Waals surface area contributed by atoms with Crippen molar-refractivity contribution in [2.75, 3.05) is 5.75 Å². The Bertz CT molecular complexity index is 1160. The number of nitrogens with zero attached hydrogens (tertiary/aromatic N) is 3. The zero-order valence-electron chi connectivity index (χ0n) is 14.4. The molecule has 4 rings (SSSR count). The number of pyridine rings is 1. The summed E-state index contributed by atoms with van der Waals surface area (Å²) in [6, 6.07) is 11.3. The lowest BCUT2D eigenvalue weighted by atomic mass is 10.3. The zero-order valence-corrected chi connectivity index (χ0v) is 15.2. The average molecular weight is 369 g/mol. The van der Waals surface area contributed by atoms with E-state index in [0.717, 1.165) is 22.4 Å². The van der Waals surface area contributed by atoms with Crippen LogP contribution < -0.4 is 5.76 Å². The van der Waals surface area contributed by atoms with Crippen molar-refractivity contribution in [2.24, 2.45) is 0 Å². The summed E-state index contributed by atoms with van der Waals surface area (Å²) in [6.07, 6.45) is 4.51. The summed E-state index contributed by atoms with van der Waals surface area (Å²) < 4.78 is 21.2. The van der Waals surface area contributed by atoms with Gasteiger partial charge in [-0.2, -0.15) is 0 Å². The highest BCUT2D eigenvalue weighted by Gasteiger charge is 2.10. The van der Waals surface area contributed by atoms with E-state index in [4.69, 9.17) is 4.42 Å². The summed E-state index contributed by atoms with van der Waals surface area (Å²) in [4.78, 5) is 16.5. The van der Waals surface area contributed by atoms with Crippen LogP contribution in [0.3, 0.4) is 0 Å². The van der Waals surface area contributed by atoms with Gasteiger partial charge in [-0.05, 0) is 37.1 Å². The van der Waals surface area contributed by atoms with Crippen LogP contribution in [0.25, 0.3) is 16.7 Å². The van der Waals surface area contributed by atoms with Crippen molar-refractivity contribution in [3.05, 3.63) is 70.6 Å². The summed E-state index contributed by atoms with van der Waals surface area (Å²) in [5.74, 6) is 0.564. The first-order valence-electron chi connectivity index (χ1n) is 8.48. The van der Waals surface area contributed by atoms with Gasteiger partial charge in [-0.1, -0.05) is 18.2 Å². The van der Waals surface area contributed by atoms with E-state index in [9.17, 15) is 9.00 Å². The Morgan fingerprint density at radius 1 is 1.19 bits per heavy atom. The van der Waals surface area contributed by atoms with Crippen molar-refractivity contribution < 1.29 is 8.63 Å². The smallest absolute Gasteiger partial charge is 0.408 e. The van der Waals surface area contributed by atoms with Crippen molar-refractivity contribution in [2.45, 2.75) is 25.6 Å². The molecule has 0 aliphatic rings. The second-order valence-corrected chi connectivity index (χ2v) is 7.86. The van der Waals surface area contributed by atoms with Crippen LogP contribution in [0.1, 0.15) is 17.7 Å². The molecule has 1 aromatic carbocycles. The first kappa shape index (κ1) is 16.8. The van der Waals surface area contributed by atoms with E-state index in [1.54, 1.807) is 10.6 Å². The highest BCUT2D eigenvalue weighted by Crippen LogP contribution is 2.13. The molecule has 0 fully saturated rings. The molecule has 7 heteroatoms. The summed E-state index contributed by atoms with van der Waals surface area (Å²) in [5, 5.41) is 0. The van der Waals surface area contributed by atoms with Crippen molar-refractivity contribution in [1.82, 2.24) is 14.0 Å². The molecule has 0 amide bonds. The molecule has 0 spiro atoms. The Kier molecular flexibility index (Phi) is 4.46. The molecule has 3 aromatic heterocycles. The Balaban J connectivity index is 1.40. The van der Waals surface area contributed by atoms with E-state index in [2.05, 4.69) is 4.98 Å². The minimum atomic E-state index is -1.03. The minimum Gasteiger partial charge on any atom is -0.408 e. The molecule has 6 nitrogen and oxygen atoms in total. The number of fused-ring (bicyclic) bond motifs is 2. The molecule has 0 saturated carbocycles. The van der Waals surface area contributed by atoms with E-state index in [1.165, 1.54) is 0 Å². The van der Waals surface area contributed by atoms with Gasteiger partial charge in [-0.25, -0.2) is 9.78 Å². The van der Waals surface area contributed by atoms with Gasteiger partial charge in [0.25, 0.3) is 0 Å². The van der Waals surface area contributed by atoms with Crippen molar-refractivity contribution in [1.29, 1.82) is 0 Å². The van der Waals surface area contributed by atoms with Crippen LogP contribution in [-0.4, -0.2) is 23.9 Å². The zero-order chi connectivity index (χ0) is 18.1. The van der Waals surface area contributed by atoms with Gasteiger partial charge in [0.1, 0.15) is 5.65 Å². The van der Waals surface area contributed by atoms with Crippen LogP contribution in [0, 0.1) is 6.92 Å². The van der Waals surface area contributed by atoms with Gasteiger partial charge in [0.15, 0.2) is 5.58 Å². The van der Waals surface area contributed by atoms with E-state index >= 15 is 0 Å². The van der Waals surface area contributed by atoms with Gasteiger partial charge in [-0.15, -0.1) is 0 Å². The second kappa shape index (κ2) is 6.92. The maximum Gasteiger partial charge on any atom is 0.419 e. The molecular formula is C19H19N3O3S. The fraction of sp³-hybridized carbons (Fsp3) is 0.263. The third kappa shape index (κ3) is 3.22. The fourth-order valence-corrected chi connectivity index (χ4v) is 4.18. The van der Waals surface area contributed by atoms with Gasteiger partial charge in [0.05, 0.1) is 17.0 Å². The molecule has 0 aliphatic carbocycles. The van der Waals surface area contributed by atoms with Crippen molar-refractivity contribution in [3.63, 3.8) is 0 Å². The Morgan fingerprint density at radius 2 is 2.04 bits per heavy atom. The molecule has 1 unspecified atom stereocenters. The van der Waals surface area contributed by atoms with Gasteiger partial charge in [-0.3, -0.25) is 8.78 Å². The first-order chi connectivity index (χ1) is 12.6. The first-order valence-corrected chi connectivity index (χ1v) is 9.97. The molecule has 0 aliphatic heterocycles. The standard InChI is InChI=1S/C19H19N3O3S/c1-14-6-4-9-21-12-15(20-18(14)21)13-26(24)11-5-10-22-16-7-2-3-8-17(16)25-19(22)23/h2-4,6-9,12H,5,10-11,13H2,1H3. The lowest BCUT2D eigenvalue weighted by Crippen LogP contribution is -2.16. The van der Waals surface area contributed by atoms with E-state index < -0.39 is 10.8 Å². The summed E-state index contributed by atoms with van der Waals surface area (Å²) in [7, 11) is -1.03. The number of imidazole rings is 1. The van der Waals surface area contributed by atoms with E-state index in [-0.39, 0.29) is 5.76 Å². The van der Waals surface area contributed by atoms with Crippen LogP contribution in [0.15, 0.2) is 58.0 Å². The molecule has 4 aromatic rings. The highest BCUT2D eigenvalue weighted by molar-refractivity contribution is 7.84. The Labute approximate surface area is 152 Å². The average Bonchev–Trinajstić information content (AvgIpc) is 3.16. The molecule has 26 heavy (non-hydrogen) atoms. The number of benzene rings is 1. The normalized spacial score (nSPS) is 12.8. The molecule has 134 valence electrons. The predicted molar refractivity (Wildman–Crippen MR) is 102 cm³/mol. The molecule has 3 heterocycles. The van der Waals surface area contributed by atoms with E-state index in [1.807, 2.05) is 54.0 Å². The van der Waals surface area contributed by atoms with E-state index in [0.29, 0.717) is 30.1 Å². The van der Waals surface area contributed by atoms with Crippen molar-refractivity contribution in [3.8, 4) is 0 Å². The second-order valence-electron chi connectivity index (χ2n) is 6.28. The van der Waals surface area contributed by atoms with Gasteiger partial charge in [0, 0.05) is 35.5 Å². The summed E-state index contributed by atoms with van der Waals surface area (Å²) in [5.41, 5.74) is 4.17. The summed E-state index contributed by atoms with van der Waals surface area (Å²) in [6.45, 7) is 2.50. The lowest BCUT2D eigenvalue weighted by Gasteiger charge is -2.02. The van der Waals surface area contributed by atoms with Gasteiger partial charge < -0.3 is 8.82 Å². The number of rotatable bonds is 6. The minimum absolute atomic E-state index is 0.368. The Hall–Kier alpha value is -2.67. The highest BCUT2D eigenvalue weighted by atomic mass is 32.2. The predicted octanol–water partition coefficient (Wildman–Crippen LogP) is 2.89. The van der Waals surface area contributed by atoms with Crippen LogP contribution in [0.5, 0.6) is 0 Å². The lowest BCUT2D eigenvalue weighted by molar-refractivity contribution is 0.502. The summed E-state index contributed by atoms with van der Waals surface area (Å²) >= 11 is 0. The molecule has 1 atom stereocenters. The maximum atomic E-state index is 12.4. The van der Waals surface area contributed by atoms with Crippen LogP contribution in [-0.2, 0) is 23.1 Å². The topological polar surface area (TPSA) is 69.5 Å². The quantitative estimate of drug-likeness (QED) is 0.524. The number of aryl methyl sites for hydroxylation is 2. The van der Waals surface area contributed by atoms with Gasteiger partial charge >= 0.3 is 5.76 Å². The SMILES string of the molecule is Cc1cccn2cc(CS(=O)CCCn3c(=O)oc4ccccc43)nc12. The maximum absolute atomic E-state index is 12.4. The van der Waals surface area contributed by atoms with Gasteiger partial charge in [0.2, 0.25) is 0 Å². The molecular weight excluding hydrogens is 350 g/mol. The third-order valence-electron chi connectivity index (χ3n) is 4.36. The number of para-hydroxylation sites is 2. The number of aromatic nitrogens is 3. The molecule has 0 saturated heterocycles. The fourth-order valence-electron chi connectivity index (χ4n) is 3.12. The number of oxazole rings is 1. The van der Waals surface area contributed by atoms with Crippen LogP contribution >= 0.6 is 0 Å². The number of hydrogen-bond donors (Lipinski definition) is 0. The van der Waals surface area contributed by atoms with Crippen molar-refractivity contribution >= 4 is 27.5 Å². The van der Waals surface area contributed by atoms with Crippen LogP contribution in [0.2, 0.25) is 0 Å². The third-order valence-corrected chi connectivity index (χ3v) is 5.73. The molecule has 0 radical (unpaired) electrons.